The summed E-state index contributed by atoms with van der Waals surface area (Å²) < 4.78 is 17.8. The van der Waals surface area contributed by atoms with Crippen molar-refractivity contribution in [3.8, 4) is 5.75 Å². The average Bonchev–Trinajstić information content (AvgIpc) is 3.41. The lowest BCUT2D eigenvalue weighted by molar-refractivity contribution is -0.170. The maximum absolute atomic E-state index is 11.9. The molecule has 7 heteroatoms. The Morgan fingerprint density at radius 3 is 2.66 bits per heavy atom. The van der Waals surface area contributed by atoms with E-state index in [4.69, 9.17) is 30.8 Å². The molecule has 1 aromatic heterocycles. The lowest BCUT2D eigenvalue weighted by Gasteiger charge is -2.28. The largest absolute Gasteiger partial charge is 0.494 e. The van der Waals surface area contributed by atoms with Crippen molar-refractivity contribution in [3.63, 3.8) is 0 Å². The first-order valence-electron chi connectivity index (χ1n) is 12.6. The maximum atomic E-state index is 11.9. The Hall–Kier alpha value is -3.71. The molecule has 0 atom stereocenters. The third kappa shape index (κ3) is 5.73. The maximum Gasteiger partial charge on any atom is 0.336 e. The fraction of sp³-hybridized carbons (Fsp3) is 0.226. The second-order valence-corrected chi connectivity index (χ2v) is 9.48. The number of hydrogen-bond donors (Lipinski definition) is 1. The number of fused-ring (bicyclic) bond motifs is 1. The zero-order valence-electron chi connectivity index (χ0n) is 21.0. The fourth-order valence-corrected chi connectivity index (χ4v) is 4.86. The van der Waals surface area contributed by atoms with Crippen LogP contribution in [-0.2, 0) is 21.7 Å². The van der Waals surface area contributed by atoms with Crippen LogP contribution in [0.2, 0.25) is 5.02 Å². The first-order valence-corrected chi connectivity index (χ1v) is 13.0. The molecule has 0 bridgehead atoms. The van der Waals surface area contributed by atoms with Crippen molar-refractivity contribution in [1.29, 1.82) is 0 Å². The summed E-state index contributed by atoms with van der Waals surface area (Å²) in [6.07, 6.45) is 4.90. The SMILES string of the molecule is CCOc1ccc(CCC2(c3cccc(/C=C/c4ccc5ccc(Cl)cc5n4)c3)OCCO2)c(C(=O)O)c1. The van der Waals surface area contributed by atoms with Gasteiger partial charge in [0.1, 0.15) is 5.75 Å². The number of carboxylic acids is 1. The number of halogens is 1. The Morgan fingerprint density at radius 1 is 1.05 bits per heavy atom. The lowest BCUT2D eigenvalue weighted by atomic mass is 9.94. The summed E-state index contributed by atoms with van der Waals surface area (Å²) in [5, 5.41) is 11.4. The van der Waals surface area contributed by atoms with E-state index in [2.05, 4.69) is 0 Å². The summed E-state index contributed by atoms with van der Waals surface area (Å²) in [6.45, 7) is 3.28. The van der Waals surface area contributed by atoms with Crippen LogP contribution in [-0.4, -0.2) is 35.9 Å². The first-order chi connectivity index (χ1) is 18.5. The zero-order valence-corrected chi connectivity index (χ0v) is 21.8. The summed E-state index contributed by atoms with van der Waals surface area (Å²) in [6, 6.07) is 22.8. The number of benzene rings is 3. The van der Waals surface area contributed by atoms with Gasteiger partial charge in [0.15, 0.2) is 5.79 Å². The van der Waals surface area contributed by atoms with Crippen LogP contribution >= 0.6 is 11.6 Å². The molecule has 2 heterocycles. The number of hydrogen-bond acceptors (Lipinski definition) is 5. The molecule has 1 aliphatic rings. The van der Waals surface area contributed by atoms with Gasteiger partial charge < -0.3 is 19.3 Å². The summed E-state index contributed by atoms with van der Waals surface area (Å²) >= 11 is 6.13. The second-order valence-electron chi connectivity index (χ2n) is 9.04. The molecule has 0 radical (unpaired) electrons. The summed E-state index contributed by atoms with van der Waals surface area (Å²) in [5.41, 5.74) is 4.46. The summed E-state index contributed by atoms with van der Waals surface area (Å²) in [5.74, 6) is -1.39. The van der Waals surface area contributed by atoms with Crippen LogP contribution in [0.5, 0.6) is 5.75 Å². The number of nitrogens with zero attached hydrogens (tertiary/aromatic N) is 1. The Labute approximate surface area is 226 Å². The standard InChI is InChI=1S/C31H28ClNO5/c1-2-36-27-13-9-22(28(20-27)30(34)35)14-15-31(37-16-17-38-31)24-5-3-4-21(18-24)6-11-26-12-8-23-7-10-25(32)19-29(23)33-26/h3-13,18-20H,2,14-17H2,1H3,(H,34,35)/b11-6+. The third-order valence-electron chi connectivity index (χ3n) is 6.55. The van der Waals surface area contributed by atoms with E-state index in [9.17, 15) is 9.90 Å². The van der Waals surface area contributed by atoms with Crippen LogP contribution < -0.4 is 4.74 Å². The number of aromatic carboxylic acids is 1. The van der Waals surface area contributed by atoms with E-state index in [1.807, 2.05) is 73.7 Å². The van der Waals surface area contributed by atoms with Gasteiger partial charge in [0.05, 0.1) is 36.6 Å². The Kier molecular flexibility index (Phi) is 7.74. The molecule has 1 saturated heterocycles. The number of ether oxygens (including phenoxy) is 3. The molecule has 0 spiro atoms. The highest BCUT2D eigenvalue weighted by Gasteiger charge is 2.38. The van der Waals surface area contributed by atoms with Crippen LogP contribution in [0.4, 0.5) is 0 Å². The fourth-order valence-electron chi connectivity index (χ4n) is 4.70. The van der Waals surface area contributed by atoms with E-state index in [1.54, 1.807) is 18.2 Å². The second kappa shape index (κ2) is 11.4. The van der Waals surface area contributed by atoms with E-state index >= 15 is 0 Å². The highest BCUT2D eigenvalue weighted by molar-refractivity contribution is 6.31. The van der Waals surface area contributed by atoms with E-state index in [1.165, 1.54) is 0 Å². The Morgan fingerprint density at radius 2 is 1.87 bits per heavy atom. The third-order valence-corrected chi connectivity index (χ3v) is 6.78. The van der Waals surface area contributed by atoms with Gasteiger partial charge in [-0.15, -0.1) is 0 Å². The number of carbonyl (C=O) groups is 1. The molecular weight excluding hydrogens is 502 g/mol. The molecular formula is C31H28ClNO5. The van der Waals surface area contributed by atoms with Crippen molar-refractivity contribution in [2.24, 2.45) is 0 Å². The quantitative estimate of drug-likeness (QED) is 0.252. The minimum absolute atomic E-state index is 0.227. The van der Waals surface area contributed by atoms with Crippen LogP contribution in [0, 0.1) is 0 Å². The molecule has 1 fully saturated rings. The van der Waals surface area contributed by atoms with Gasteiger partial charge in [0.25, 0.3) is 0 Å². The highest BCUT2D eigenvalue weighted by Crippen LogP contribution is 2.37. The summed E-state index contributed by atoms with van der Waals surface area (Å²) in [4.78, 5) is 16.6. The van der Waals surface area contributed by atoms with E-state index in [0.717, 1.165) is 27.7 Å². The minimum Gasteiger partial charge on any atom is -0.494 e. The van der Waals surface area contributed by atoms with Crippen molar-refractivity contribution >= 4 is 40.6 Å². The molecule has 6 nitrogen and oxygen atoms in total. The highest BCUT2D eigenvalue weighted by atomic mass is 35.5. The molecule has 5 rings (SSSR count). The normalized spacial score (nSPS) is 14.8. The molecule has 1 N–H and O–H groups in total. The van der Waals surface area contributed by atoms with Crippen molar-refractivity contribution in [3.05, 3.63) is 106 Å². The number of aryl methyl sites for hydroxylation is 1. The molecule has 194 valence electrons. The molecule has 3 aromatic carbocycles. The molecule has 0 aliphatic carbocycles. The van der Waals surface area contributed by atoms with Gasteiger partial charge in [-0.1, -0.05) is 54.1 Å². The number of carboxylic acid groups (broad SMARTS) is 1. The monoisotopic (exact) mass is 529 g/mol. The average molecular weight is 530 g/mol. The lowest BCUT2D eigenvalue weighted by Crippen LogP contribution is -2.28. The topological polar surface area (TPSA) is 77.9 Å². The Bertz CT molecular complexity index is 1490. The van der Waals surface area contributed by atoms with Crippen molar-refractivity contribution in [1.82, 2.24) is 4.98 Å². The Balaban J connectivity index is 1.37. The molecule has 1 aliphatic heterocycles. The van der Waals surface area contributed by atoms with Gasteiger partial charge in [-0.3, -0.25) is 0 Å². The van der Waals surface area contributed by atoms with Crippen LogP contribution in [0.15, 0.2) is 72.8 Å². The van der Waals surface area contributed by atoms with E-state index in [-0.39, 0.29) is 5.56 Å². The van der Waals surface area contributed by atoms with Gasteiger partial charge in [0.2, 0.25) is 0 Å². The van der Waals surface area contributed by atoms with Gasteiger partial charge in [-0.05, 0) is 66.9 Å². The zero-order chi connectivity index (χ0) is 26.5. The predicted octanol–water partition coefficient (Wildman–Crippen LogP) is 6.99. The predicted molar refractivity (Wildman–Crippen MR) is 149 cm³/mol. The smallest absolute Gasteiger partial charge is 0.336 e. The van der Waals surface area contributed by atoms with Gasteiger partial charge >= 0.3 is 5.97 Å². The van der Waals surface area contributed by atoms with Gasteiger partial charge in [-0.25, -0.2) is 9.78 Å². The number of pyridine rings is 1. The molecule has 4 aromatic rings. The molecule has 0 saturated carbocycles. The molecule has 0 amide bonds. The van der Waals surface area contributed by atoms with Gasteiger partial charge in [-0.2, -0.15) is 0 Å². The van der Waals surface area contributed by atoms with E-state index in [0.29, 0.717) is 49.0 Å². The van der Waals surface area contributed by atoms with Crippen LogP contribution in [0.1, 0.15) is 46.1 Å². The van der Waals surface area contributed by atoms with Crippen LogP contribution in [0.25, 0.3) is 23.1 Å². The number of aromatic nitrogens is 1. The van der Waals surface area contributed by atoms with Crippen molar-refractivity contribution in [2.75, 3.05) is 19.8 Å². The van der Waals surface area contributed by atoms with E-state index < -0.39 is 11.8 Å². The molecule has 0 unspecified atom stereocenters. The minimum atomic E-state index is -0.986. The van der Waals surface area contributed by atoms with Crippen LogP contribution in [0.3, 0.4) is 0 Å². The molecule has 38 heavy (non-hydrogen) atoms. The van der Waals surface area contributed by atoms with Crippen molar-refractivity contribution < 1.29 is 24.1 Å². The first kappa shape index (κ1) is 25.9. The van der Waals surface area contributed by atoms with Gasteiger partial charge in [0, 0.05) is 22.4 Å². The summed E-state index contributed by atoms with van der Waals surface area (Å²) in [7, 11) is 0. The van der Waals surface area contributed by atoms with Crippen molar-refractivity contribution in [2.45, 2.75) is 25.6 Å². The number of rotatable bonds is 9.